The van der Waals surface area contributed by atoms with Crippen molar-refractivity contribution in [2.24, 2.45) is 11.3 Å². The highest BCUT2D eigenvalue weighted by Crippen LogP contribution is 2.44. The second kappa shape index (κ2) is 7.31. The molecule has 1 unspecified atom stereocenters. The number of fused-ring (bicyclic) bond motifs is 1. The molecule has 4 rings (SSSR count). The van der Waals surface area contributed by atoms with Crippen LogP contribution in [0.3, 0.4) is 0 Å². The highest BCUT2D eigenvalue weighted by atomic mass is 16.5. The highest BCUT2D eigenvalue weighted by Gasteiger charge is 2.50. The lowest BCUT2D eigenvalue weighted by Gasteiger charge is -2.37. The molecule has 2 fully saturated rings. The van der Waals surface area contributed by atoms with E-state index in [0.717, 1.165) is 43.7 Å². The number of aromatic nitrogens is 2. The zero-order valence-electron chi connectivity index (χ0n) is 15.8. The number of benzene rings is 1. The number of carbonyl (C=O) groups is 1. The monoisotopic (exact) mass is 370 g/mol. The van der Waals surface area contributed by atoms with Crippen LogP contribution in [0.2, 0.25) is 0 Å². The number of amides is 1. The second-order valence-corrected chi connectivity index (χ2v) is 7.61. The fourth-order valence-corrected chi connectivity index (χ4v) is 4.38. The molecule has 1 saturated carbocycles. The topological polar surface area (TPSA) is 89.3 Å². The van der Waals surface area contributed by atoms with Crippen molar-refractivity contribution in [1.29, 1.82) is 0 Å². The predicted molar refractivity (Wildman–Crippen MR) is 100 cm³/mol. The molecule has 144 valence electrons. The van der Waals surface area contributed by atoms with E-state index >= 15 is 0 Å². The van der Waals surface area contributed by atoms with Gasteiger partial charge in [-0.2, -0.15) is 4.98 Å². The van der Waals surface area contributed by atoms with E-state index in [-0.39, 0.29) is 17.4 Å². The number of rotatable bonds is 5. The van der Waals surface area contributed by atoms with E-state index in [1.165, 1.54) is 6.42 Å². The van der Waals surface area contributed by atoms with E-state index in [1.807, 2.05) is 31.2 Å². The Morgan fingerprint density at radius 1 is 1.44 bits per heavy atom. The molecule has 0 spiro atoms. The molecule has 1 aromatic heterocycles. The SMILES string of the molecule is COc1cccc(-c2noc(C(C)NC(=O)[C@@]34CCCC[C@H]3CNC4)n2)c1. The Hall–Kier alpha value is -2.41. The molecule has 2 N–H and O–H groups in total. The van der Waals surface area contributed by atoms with E-state index in [2.05, 4.69) is 20.8 Å². The standard InChI is InChI=1S/C20H26N4O3/c1-13(22-19(25)20-9-4-3-7-15(20)11-21-12-20)18-23-17(24-27-18)14-6-5-8-16(10-14)26-2/h5-6,8,10,13,15,21H,3-4,7,9,11-12H2,1-2H3,(H,22,25)/t13?,15-,20+/m0/s1. The van der Waals surface area contributed by atoms with Gasteiger partial charge in [0.1, 0.15) is 11.8 Å². The maximum Gasteiger partial charge on any atom is 0.249 e. The van der Waals surface area contributed by atoms with Crippen LogP contribution in [0.1, 0.15) is 44.5 Å². The first-order chi connectivity index (χ1) is 13.1. The van der Waals surface area contributed by atoms with Crippen LogP contribution in [-0.2, 0) is 4.79 Å². The van der Waals surface area contributed by atoms with Gasteiger partial charge in [-0.05, 0) is 44.4 Å². The largest absolute Gasteiger partial charge is 0.497 e. The van der Waals surface area contributed by atoms with Crippen LogP contribution in [0.4, 0.5) is 0 Å². The van der Waals surface area contributed by atoms with Crippen LogP contribution in [-0.4, -0.2) is 36.2 Å². The Labute approximate surface area is 158 Å². The molecule has 7 heteroatoms. The lowest BCUT2D eigenvalue weighted by atomic mass is 9.67. The van der Waals surface area contributed by atoms with Crippen molar-refractivity contribution in [3.8, 4) is 17.1 Å². The van der Waals surface area contributed by atoms with Gasteiger partial charge in [0, 0.05) is 12.1 Å². The highest BCUT2D eigenvalue weighted by molar-refractivity contribution is 5.84. The van der Waals surface area contributed by atoms with Crippen LogP contribution in [0, 0.1) is 11.3 Å². The van der Waals surface area contributed by atoms with Crippen molar-refractivity contribution in [2.45, 2.75) is 38.6 Å². The van der Waals surface area contributed by atoms with E-state index in [9.17, 15) is 4.79 Å². The lowest BCUT2D eigenvalue weighted by Crippen LogP contribution is -2.48. The maximum atomic E-state index is 13.1. The smallest absolute Gasteiger partial charge is 0.249 e. The Kier molecular flexibility index (Phi) is 4.86. The van der Waals surface area contributed by atoms with Gasteiger partial charge in [0.05, 0.1) is 12.5 Å². The molecule has 1 aromatic carbocycles. The van der Waals surface area contributed by atoms with Crippen molar-refractivity contribution in [3.63, 3.8) is 0 Å². The summed E-state index contributed by atoms with van der Waals surface area (Å²) in [5.74, 6) is 2.16. The zero-order chi connectivity index (χ0) is 18.9. The molecular weight excluding hydrogens is 344 g/mol. The molecular formula is C20H26N4O3. The Morgan fingerprint density at radius 2 is 2.33 bits per heavy atom. The molecule has 27 heavy (non-hydrogen) atoms. The summed E-state index contributed by atoms with van der Waals surface area (Å²) >= 11 is 0. The van der Waals surface area contributed by atoms with E-state index < -0.39 is 0 Å². The number of hydrogen-bond acceptors (Lipinski definition) is 6. The number of nitrogens with zero attached hydrogens (tertiary/aromatic N) is 2. The van der Waals surface area contributed by atoms with Crippen molar-refractivity contribution in [3.05, 3.63) is 30.2 Å². The van der Waals surface area contributed by atoms with Crippen LogP contribution >= 0.6 is 0 Å². The molecule has 7 nitrogen and oxygen atoms in total. The predicted octanol–water partition coefficient (Wildman–Crippen LogP) is 2.70. The molecule has 1 aliphatic heterocycles. The summed E-state index contributed by atoms with van der Waals surface area (Å²) in [6, 6.07) is 7.17. The molecule has 0 bridgehead atoms. The lowest BCUT2D eigenvalue weighted by molar-refractivity contribution is -0.134. The molecule has 0 radical (unpaired) electrons. The molecule has 1 amide bonds. The average molecular weight is 370 g/mol. The summed E-state index contributed by atoms with van der Waals surface area (Å²) in [5.41, 5.74) is 0.524. The van der Waals surface area contributed by atoms with Crippen LogP contribution in [0.5, 0.6) is 5.75 Å². The number of methoxy groups -OCH3 is 1. The Bertz CT molecular complexity index is 821. The van der Waals surface area contributed by atoms with Gasteiger partial charge in [-0.15, -0.1) is 0 Å². The third-order valence-corrected chi connectivity index (χ3v) is 5.98. The quantitative estimate of drug-likeness (QED) is 0.841. The average Bonchev–Trinajstić information content (AvgIpc) is 3.36. The minimum absolute atomic E-state index is 0.103. The van der Waals surface area contributed by atoms with Gasteiger partial charge < -0.3 is 19.9 Å². The first kappa shape index (κ1) is 18.0. The van der Waals surface area contributed by atoms with Crippen molar-refractivity contribution < 1.29 is 14.1 Å². The van der Waals surface area contributed by atoms with Crippen molar-refractivity contribution >= 4 is 5.91 Å². The van der Waals surface area contributed by atoms with Crippen molar-refractivity contribution in [1.82, 2.24) is 20.8 Å². The van der Waals surface area contributed by atoms with E-state index in [4.69, 9.17) is 9.26 Å². The van der Waals surface area contributed by atoms with Gasteiger partial charge in [-0.1, -0.05) is 30.1 Å². The second-order valence-electron chi connectivity index (χ2n) is 7.61. The first-order valence-electron chi connectivity index (χ1n) is 9.62. The minimum Gasteiger partial charge on any atom is -0.497 e. The van der Waals surface area contributed by atoms with Gasteiger partial charge in [0.2, 0.25) is 17.6 Å². The van der Waals surface area contributed by atoms with E-state index in [1.54, 1.807) is 7.11 Å². The molecule has 2 aliphatic rings. The zero-order valence-corrected chi connectivity index (χ0v) is 15.8. The summed E-state index contributed by atoms with van der Waals surface area (Å²) in [4.78, 5) is 17.6. The fraction of sp³-hybridized carbons (Fsp3) is 0.550. The van der Waals surface area contributed by atoms with E-state index in [0.29, 0.717) is 17.6 Å². The number of nitrogens with one attached hydrogen (secondary N) is 2. The number of hydrogen-bond donors (Lipinski definition) is 2. The van der Waals surface area contributed by atoms with Gasteiger partial charge in [-0.25, -0.2) is 0 Å². The molecule has 2 aromatic rings. The summed E-state index contributed by atoms with van der Waals surface area (Å²) in [7, 11) is 1.62. The fourth-order valence-electron chi connectivity index (χ4n) is 4.38. The molecule has 3 atom stereocenters. The Morgan fingerprint density at radius 3 is 3.19 bits per heavy atom. The summed E-state index contributed by atoms with van der Waals surface area (Å²) in [6.07, 6.45) is 4.39. The molecule has 1 aliphatic carbocycles. The molecule has 1 saturated heterocycles. The molecule has 2 heterocycles. The van der Waals surface area contributed by atoms with Gasteiger partial charge in [0.25, 0.3) is 0 Å². The normalized spacial score (nSPS) is 25.6. The first-order valence-corrected chi connectivity index (χ1v) is 9.62. The maximum absolute atomic E-state index is 13.1. The van der Waals surface area contributed by atoms with Crippen LogP contribution in [0.15, 0.2) is 28.8 Å². The van der Waals surface area contributed by atoms with Crippen LogP contribution < -0.4 is 15.4 Å². The summed E-state index contributed by atoms with van der Waals surface area (Å²) in [5, 5.41) is 10.6. The van der Waals surface area contributed by atoms with Crippen molar-refractivity contribution in [2.75, 3.05) is 20.2 Å². The number of carbonyl (C=O) groups excluding carboxylic acids is 1. The Balaban J connectivity index is 1.48. The third-order valence-electron chi connectivity index (χ3n) is 5.98. The third kappa shape index (κ3) is 3.32. The number of ether oxygens (including phenoxy) is 1. The van der Waals surface area contributed by atoms with Crippen LogP contribution in [0.25, 0.3) is 11.4 Å². The summed E-state index contributed by atoms with van der Waals surface area (Å²) < 4.78 is 10.7. The van der Waals surface area contributed by atoms with Gasteiger partial charge >= 0.3 is 0 Å². The minimum atomic E-state index is -0.332. The van der Waals surface area contributed by atoms with Gasteiger partial charge in [0.15, 0.2) is 0 Å². The summed E-state index contributed by atoms with van der Waals surface area (Å²) in [6.45, 7) is 3.58. The van der Waals surface area contributed by atoms with Gasteiger partial charge in [-0.3, -0.25) is 4.79 Å².